The van der Waals surface area contributed by atoms with E-state index in [1.807, 2.05) is 31.2 Å². The third-order valence-corrected chi connectivity index (χ3v) is 3.38. The summed E-state index contributed by atoms with van der Waals surface area (Å²) >= 11 is 6.17. The van der Waals surface area contributed by atoms with Gasteiger partial charge in [0.1, 0.15) is 18.1 Å². The second kappa shape index (κ2) is 6.54. The lowest BCUT2D eigenvalue weighted by molar-refractivity contribution is 0.299. The largest absolute Gasteiger partial charge is 0.487 e. The van der Waals surface area contributed by atoms with Crippen molar-refractivity contribution in [3.8, 4) is 5.75 Å². The SMILES string of the molecule is Cc1ccc(OCc2ccoc2CNC(C)(C)C)c(Cl)c1. The van der Waals surface area contributed by atoms with E-state index in [0.29, 0.717) is 23.9 Å². The molecule has 4 heteroatoms. The number of ether oxygens (including phenoxy) is 1. The molecule has 0 spiro atoms. The smallest absolute Gasteiger partial charge is 0.138 e. The Kier molecular flexibility index (Phi) is 4.96. The van der Waals surface area contributed by atoms with Gasteiger partial charge in [-0.1, -0.05) is 17.7 Å². The third kappa shape index (κ3) is 4.80. The van der Waals surface area contributed by atoms with Crippen LogP contribution in [0.15, 0.2) is 34.9 Å². The van der Waals surface area contributed by atoms with E-state index in [1.165, 1.54) is 0 Å². The molecule has 0 saturated heterocycles. The van der Waals surface area contributed by atoms with Crippen LogP contribution < -0.4 is 10.1 Å². The molecule has 1 N–H and O–H groups in total. The highest BCUT2D eigenvalue weighted by atomic mass is 35.5. The van der Waals surface area contributed by atoms with Gasteiger partial charge in [-0.3, -0.25) is 0 Å². The van der Waals surface area contributed by atoms with Gasteiger partial charge in [0.05, 0.1) is 17.8 Å². The highest BCUT2D eigenvalue weighted by Crippen LogP contribution is 2.26. The van der Waals surface area contributed by atoms with Crippen molar-refractivity contribution in [3.05, 3.63) is 52.4 Å². The fourth-order valence-electron chi connectivity index (χ4n) is 1.87. The van der Waals surface area contributed by atoms with Gasteiger partial charge in [-0.2, -0.15) is 0 Å². The lowest BCUT2D eigenvalue weighted by Crippen LogP contribution is -2.35. The summed E-state index contributed by atoms with van der Waals surface area (Å²) in [5.74, 6) is 1.59. The normalized spacial score (nSPS) is 11.7. The number of rotatable bonds is 5. The summed E-state index contributed by atoms with van der Waals surface area (Å²) in [7, 11) is 0. The van der Waals surface area contributed by atoms with E-state index in [4.69, 9.17) is 20.8 Å². The molecule has 0 atom stereocenters. The summed E-state index contributed by atoms with van der Waals surface area (Å²) < 4.78 is 11.3. The average Bonchev–Trinajstić information content (AvgIpc) is 2.82. The zero-order valence-corrected chi connectivity index (χ0v) is 13.8. The Balaban J connectivity index is 1.99. The van der Waals surface area contributed by atoms with Crippen molar-refractivity contribution >= 4 is 11.6 Å². The molecule has 1 aromatic heterocycles. The molecule has 2 aromatic rings. The second-order valence-corrected chi connectivity index (χ2v) is 6.60. The van der Waals surface area contributed by atoms with Gasteiger partial charge in [0.25, 0.3) is 0 Å². The molecule has 0 fully saturated rings. The molecule has 21 heavy (non-hydrogen) atoms. The molecular formula is C17H22ClNO2. The van der Waals surface area contributed by atoms with Crippen molar-refractivity contribution in [2.24, 2.45) is 0 Å². The minimum atomic E-state index is 0.0468. The summed E-state index contributed by atoms with van der Waals surface area (Å²) in [6.07, 6.45) is 1.69. The Bertz CT molecular complexity index is 599. The standard InChI is InChI=1S/C17H22ClNO2/c1-12-5-6-15(14(18)9-12)21-11-13-7-8-20-16(13)10-19-17(2,3)4/h5-9,19H,10-11H2,1-4H3. The van der Waals surface area contributed by atoms with Crippen molar-refractivity contribution in [1.82, 2.24) is 5.32 Å². The van der Waals surface area contributed by atoms with Crippen molar-refractivity contribution in [2.45, 2.75) is 46.4 Å². The predicted molar refractivity (Wildman–Crippen MR) is 85.8 cm³/mol. The van der Waals surface area contributed by atoms with Gasteiger partial charge in [-0.15, -0.1) is 0 Å². The zero-order chi connectivity index (χ0) is 15.5. The van der Waals surface area contributed by atoms with Crippen molar-refractivity contribution in [3.63, 3.8) is 0 Å². The summed E-state index contributed by atoms with van der Waals surface area (Å²) in [5, 5.41) is 4.04. The fraction of sp³-hybridized carbons (Fsp3) is 0.412. The summed E-state index contributed by atoms with van der Waals surface area (Å²) in [6, 6.07) is 7.71. The molecule has 3 nitrogen and oxygen atoms in total. The van der Waals surface area contributed by atoms with Gasteiger partial charge >= 0.3 is 0 Å². The van der Waals surface area contributed by atoms with Crippen LogP contribution in [0.3, 0.4) is 0 Å². The lowest BCUT2D eigenvalue weighted by atomic mass is 10.1. The van der Waals surface area contributed by atoms with Crippen molar-refractivity contribution < 1.29 is 9.15 Å². The van der Waals surface area contributed by atoms with Gasteiger partial charge in [-0.05, 0) is 51.5 Å². The Morgan fingerprint density at radius 3 is 2.67 bits per heavy atom. The maximum atomic E-state index is 6.17. The molecule has 1 aromatic carbocycles. The molecule has 0 aliphatic heterocycles. The van der Waals surface area contributed by atoms with E-state index in [2.05, 4.69) is 26.1 Å². The predicted octanol–water partition coefficient (Wildman–Crippen LogP) is 4.71. The molecule has 0 unspecified atom stereocenters. The van der Waals surface area contributed by atoms with Crippen molar-refractivity contribution in [1.29, 1.82) is 0 Å². The van der Waals surface area contributed by atoms with Crippen LogP contribution in [-0.4, -0.2) is 5.54 Å². The molecule has 2 rings (SSSR count). The van der Waals surface area contributed by atoms with Crippen LogP contribution in [-0.2, 0) is 13.2 Å². The number of furan rings is 1. The van der Waals surface area contributed by atoms with E-state index < -0.39 is 0 Å². The molecule has 0 saturated carbocycles. The zero-order valence-electron chi connectivity index (χ0n) is 13.0. The van der Waals surface area contributed by atoms with Crippen LogP contribution in [0.4, 0.5) is 0 Å². The van der Waals surface area contributed by atoms with Gasteiger partial charge in [0.15, 0.2) is 0 Å². The molecule has 0 amide bonds. The van der Waals surface area contributed by atoms with E-state index in [-0.39, 0.29) is 5.54 Å². The fourth-order valence-corrected chi connectivity index (χ4v) is 2.16. The molecule has 1 heterocycles. The van der Waals surface area contributed by atoms with Crippen LogP contribution in [0.2, 0.25) is 5.02 Å². The monoisotopic (exact) mass is 307 g/mol. The first-order valence-corrected chi connectivity index (χ1v) is 7.42. The molecule has 114 valence electrons. The minimum absolute atomic E-state index is 0.0468. The molecule has 0 aliphatic carbocycles. The van der Waals surface area contributed by atoms with E-state index in [1.54, 1.807) is 6.26 Å². The van der Waals surface area contributed by atoms with Crippen LogP contribution in [0.5, 0.6) is 5.75 Å². The van der Waals surface area contributed by atoms with Crippen molar-refractivity contribution in [2.75, 3.05) is 0 Å². The first-order valence-electron chi connectivity index (χ1n) is 7.04. The molecule has 0 aliphatic rings. The minimum Gasteiger partial charge on any atom is -0.487 e. The summed E-state index contributed by atoms with van der Waals surface area (Å²) in [6.45, 7) is 9.49. The Hall–Kier alpha value is -1.45. The van der Waals surface area contributed by atoms with Gasteiger partial charge in [0, 0.05) is 11.1 Å². The Labute approximate surface area is 131 Å². The first kappa shape index (κ1) is 15.9. The van der Waals surface area contributed by atoms with E-state index in [9.17, 15) is 0 Å². The Morgan fingerprint density at radius 1 is 1.24 bits per heavy atom. The van der Waals surface area contributed by atoms with E-state index >= 15 is 0 Å². The van der Waals surface area contributed by atoms with Crippen LogP contribution in [0.1, 0.15) is 37.7 Å². The van der Waals surface area contributed by atoms with Crippen LogP contribution in [0.25, 0.3) is 0 Å². The average molecular weight is 308 g/mol. The van der Waals surface area contributed by atoms with Gasteiger partial charge in [-0.25, -0.2) is 0 Å². The summed E-state index contributed by atoms with van der Waals surface area (Å²) in [5.41, 5.74) is 2.19. The van der Waals surface area contributed by atoms with E-state index in [0.717, 1.165) is 16.9 Å². The maximum absolute atomic E-state index is 6.17. The van der Waals surface area contributed by atoms with Gasteiger partial charge in [0.2, 0.25) is 0 Å². The topological polar surface area (TPSA) is 34.4 Å². The number of halogens is 1. The second-order valence-electron chi connectivity index (χ2n) is 6.20. The number of nitrogens with one attached hydrogen (secondary N) is 1. The molecule has 0 bridgehead atoms. The summed E-state index contributed by atoms with van der Waals surface area (Å²) in [4.78, 5) is 0. The molecule has 0 radical (unpaired) electrons. The van der Waals surface area contributed by atoms with Gasteiger partial charge < -0.3 is 14.5 Å². The number of hydrogen-bond acceptors (Lipinski definition) is 3. The number of aryl methyl sites for hydroxylation is 1. The Morgan fingerprint density at radius 2 is 2.00 bits per heavy atom. The third-order valence-electron chi connectivity index (χ3n) is 3.09. The maximum Gasteiger partial charge on any atom is 0.138 e. The first-order chi connectivity index (χ1) is 9.85. The van der Waals surface area contributed by atoms with Crippen LogP contribution >= 0.6 is 11.6 Å². The number of benzene rings is 1. The number of hydrogen-bond donors (Lipinski definition) is 1. The van der Waals surface area contributed by atoms with Crippen LogP contribution in [0, 0.1) is 6.92 Å². The highest BCUT2D eigenvalue weighted by Gasteiger charge is 2.13. The quantitative estimate of drug-likeness (QED) is 0.868. The molecular weight excluding hydrogens is 286 g/mol. The lowest BCUT2D eigenvalue weighted by Gasteiger charge is -2.20. The highest BCUT2D eigenvalue weighted by molar-refractivity contribution is 6.32.